The smallest absolute Gasteiger partial charge is 0.314 e. The second-order valence-corrected chi connectivity index (χ2v) is 4.65. The molecule has 0 bridgehead atoms. The first-order chi connectivity index (χ1) is 8.50. The van der Waals surface area contributed by atoms with E-state index in [1.165, 1.54) is 4.90 Å². The van der Waals surface area contributed by atoms with E-state index in [1.54, 1.807) is 30.3 Å². The van der Waals surface area contributed by atoms with Gasteiger partial charge in [-0.05, 0) is 12.5 Å². The van der Waals surface area contributed by atoms with Gasteiger partial charge in [0.15, 0.2) is 0 Å². The van der Waals surface area contributed by atoms with Gasteiger partial charge in [0.25, 0.3) is 0 Å². The van der Waals surface area contributed by atoms with Gasteiger partial charge in [-0.25, -0.2) is 0 Å². The van der Waals surface area contributed by atoms with E-state index < -0.39 is 12.2 Å². The van der Waals surface area contributed by atoms with E-state index in [9.17, 15) is 13.2 Å². The molecular formula is C13H17F3N2. The second kappa shape index (κ2) is 5.28. The Hall–Kier alpha value is -1.07. The van der Waals surface area contributed by atoms with Crippen LogP contribution < -0.4 is 5.32 Å². The average Bonchev–Trinajstić information content (AvgIpc) is 2.32. The molecule has 2 rings (SSSR count). The van der Waals surface area contributed by atoms with Crippen LogP contribution in [0.1, 0.15) is 18.5 Å². The highest BCUT2D eigenvalue weighted by atomic mass is 19.4. The van der Waals surface area contributed by atoms with Gasteiger partial charge in [-0.1, -0.05) is 30.3 Å². The Morgan fingerprint density at radius 3 is 2.50 bits per heavy atom. The predicted octanol–water partition coefficient (Wildman–Crippen LogP) is 2.58. The number of nitrogens with zero attached hydrogens (tertiary/aromatic N) is 1. The Morgan fingerprint density at radius 2 is 1.94 bits per heavy atom. The molecular weight excluding hydrogens is 241 g/mol. The quantitative estimate of drug-likeness (QED) is 0.877. The monoisotopic (exact) mass is 258 g/mol. The number of halogens is 3. The summed E-state index contributed by atoms with van der Waals surface area (Å²) in [5, 5.41) is 3.11. The van der Waals surface area contributed by atoms with Crippen LogP contribution in [0, 0.1) is 0 Å². The molecule has 0 saturated carbocycles. The van der Waals surface area contributed by atoms with E-state index in [0.717, 1.165) is 0 Å². The van der Waals surface area contributed by atoms with Crippen LogP contribution >= 0.6 is 0 Å². The van der Waals surface area contributed by atoms with E-state index in [2.05, 4.69) is 5.32 Å². The minimum atomic E-state index is -4.24. The zero-order chi connectivity index (χ0) is 13.2. The number of piperazine rings is 1. The van der Waals surface area contributed by atoms with Crippen molar-refractivity contribution in [3.63, 3.8) is 0 Å². The van der Waals surface area contributed by atoms with Crippen molar-refractivity contribution in [3.05, 3.63) is 35.9 Å². The molecule has 5 heteroatoms. The Morgan fingerprint density at radius 1 is 1.28 bits per heavy atom. The van der Waals surface area contributed by atoms with E-state index in [1.807, 2.05) is 6.92 Å². The van der Waals surface area contributed by atoms with Gasteiger partial charge in [-0.2, -0.15) is 13.2 Å². The molecule has 0 amide bonds. The Bertz CT molecular complexity index is 378. The molecule has 2 atom stereocenters. The lowest BCUT2D eigenvalue weighted by molar-refractivity contribution is -0.193. The lowest BCUT2D eigenvalue weighted by Gasteiger charge is -2.40. The van der Waals surface area contributed by atoms with E-state index in [-0.39, 0.29) is 6.04 Å². The lowest BCUT2D eigenvalue weighted by atomic mass is 10.0. The van der Waals surface area contributed by atoms with Crippen LogP contribution in [0.3, 0.4) is 0 Å². The molecule has 1 N–H and O–H groups in total. The summed E-state index contributed by atoms with van der Waals surface area (Å²) in [4.78, 5) is 1.53. The fraction of sp³-hybridized carbons (Fsp3) is 0.538. The van der Waals surface area contributed by atoms with Gasteiger partial charge in [-0.15, -0.1) is 0 Å². The molecule has 0 radical (unpaired) electrons. The molecule has 1 unspecified atom stereocenters. The van der Waals surface area contributed by atoms with Crippen LogP contribution in [-0.2, 0) is 0 Å². The highest BCUT2D eigenvalue weighted by molar-refractivity contribution is 5.21. The van der Waals surface area contributed by atoms with Crippen molar-refractivity contribution in [2.24, 2.45) is 0 Å². The van der Waals surface area contributed by atoms with Crippen LogP contribution in [0.4, 0.5) is 13.2 Å². The van der Waals surface area contributed by atoms with Crippen molar-refractivity contribution >= 4 is 0 Å². The number of rotatable bonds is 2. The number of nitrogens with one attached hydrogen (secondary N) is 1. The van der Waals surface area contributed by atoms with Gasteiger partial charge >= 0.3 is 6.18 Å². The third-order valence-corrected chi connectivity index (χ3v) is 3.31. The molecule has 1 heterocycles. The summed E-state index contributed by atoms with van der Waals surface area (Å²) in [7, 11) is 0. The summed E-state index contributed by atoms with van der Waals surface area (Å²) < 4.78 is 39.9. The maximum atomic E-state index is 13.3. The average molecular weight is 258 g/mol. The van der Waals surface area contributed by atoms with Crippen LogP contribution in [0.15, 0.2) is 30.3 Å². The molecule has 0 spiro atoms. The maximum absolute atomic E-state index is 13.3. The molecule has 1 fully saturated rings. The zero-order valence-electron chi connectivity index (χ0n) is 10.2. The predicted molar refractivity (Wildman–Crippen MR) is 64.3 cm³/mol. The minimum absolute atomic E-state index is 0.120. The first-order valence-corrected chi connectivity index (χ1v) is 6.08. The third kappa shape index (κ3) is 2.84. The van der Waals surface area contributed by atoms with Gasteiger partial charge < -0.3 is 5.32 Å². The summed E-state index contributed by atoms with van der Waals surface area (Å²) in [5.74, 6) is 0. The summed E-state index contributed by atoms with van der Waals surface area (Å²) >= 11 is 0. The molecule has 18 heavy (non-hydrogen) atoms. The van der Waals surface area contributed by atoms with Gasteiger partial charge in [0.05, 0.1) is 0 Å². The van der Waals surface area contributed by atoms with Crippen LogP contribution in [-0.4, -0.2) is 36.8 Å². The number of alkyl halides is 3. The van der Waals surface area contributed by atoms with Crippen molar-refractivity contribution in [1.29, 1.82) is 0 Å². The summed E-state index contributed by atoms with van der Waals surface area (Å²) in [6.45, 7) is 3.44. The molecule has 0 aliphatic carbocycles. The van der Waals surface area contributed by atoms with Gasteiger partial charge in [-0.3, -0.25) is 4.90 Å². The Balaban J connectivity index is 2.31. The molecule has 1 aliphatic heterocycles. The lowest BCUT2D eigenvalue weighted by Crippen LogP contribution is -2.54. The first-order valence-electron chi connectivity index (χ1n) is 6.08. The summed E-state index contributed by atoms with van der Waals surface area (Å²) in [5.41, 5.74) is 0.318. The van der Waals surface area contributed by atoms with Gasteiger partial charge in [0.2, 0.25) is 0 Å². The van der Waals surface area contributed by atoms with E-state index in [4.69, 9.17) is 0 Å². The fourth-order valence-corrected chi connectivity index (χ4v) is 2.44. The Kier molecular flexibility index (Phi) is 3.92. The SMILES string of the molecule is C[C@H]1CNCCN1C(c1ccccc1)C(F)(F)F. The zero-order valence-corrected chi connectivity index (χ0v) is 10.2. The number of hydrogen-bond acceptors (Lipinski definition) is 2. The molecule has 2 nitrogen and oxygen atoms in total. The summed E-state index contributed by atoms with van der Waals surface area (Å²) in [6, 6.07) is 6.51. The van der Waals surface area contributed by atoms with Crippen molar-refractivity contribution in [1.82, 2.24) is 10.2 Å². The van der Waals surface area contributed by atoms with Gasteiger partial charge in [0.1, 0.15) is 6.04 Å². The molecule has 1 saturated heterocycles. The molecule has 100 valence electrons. The highest BCUT2D eigenvalue weighted by Gasteiger charge is 2.46. The van der Waals surface area contributed by atoms with Gasteiger partial charge in [0, 0.05) is 25.7 Å². The third-order valence-electron chi connectivity index (χ3n) is 3.31. The number of benzene rings is 1. The molecule has 1 aromatic carbocycles. The van der Waals surface area contributed by atoms with Crippen molar-refractivity contribution in [2.75, 3.05) is 19.6 Å². The summed E-state index contributed by atoms with van der Waals surface area (Å²) in [6.07, 6.45) is -4.24. The first kappa shape index (κ1) is 13.4. The number of hydrogen-bond donors (Lipinski definition) is 1. The molecule has 1 aliphatic rings. The largest absolute Gasteiger partial charge is 0.408 e. The Labute approximate surface area is 105 Å². The van der Waals surface area contributed by atoms with Crippen LogP contribution in [0.25, 0.3) is 0 Å². The van der Waals surface area contributed by atoms with E-state index in [0.29, 0.717) is 25.2 Å². The highest BCUT2D eigenvalue weighted by Crippen LogP contribution is 2.38. The van der Waals surface area contributed by atoms with E-state index >= 15 is 0 Å². The standard InChI is InChI=1S/C13H17F3N2/c1-10-9-17-7-8-18(10)12(13(14,15)16)11-5-3-2-4-6-11/h2-6,10,12,17H,7-9H2,1H3/t10-,12?/m0/s1. The normalized spacial score (nSPS) is 23.9. The second-order valence-electron chi connectivity index (χ2n) is 4.65. The topological polar surface area (TPSA) is 15.3 Å². The maximum Gasteiger partial charge on any atom is 0.408 e. The minimum Gasteiger partial charge on any atom is -0.314 e. The van der Waals surface area contributed by atoms with Crippen molar-refractivity contribution in [2.45, 2.75) is 25.2 Å². The van der Waals surface area contributed by atoms with Crippen molar-refractivity contribution < 1.29 is 13.2 Å². The van der Waals surface area contributed by atoms with Crippen molar-refractivity contribution in [3.8, 4) is 0 Å². The van der Waals surface area contributed by atoms with Crippen LogP contribution in [0.2, 0.25) is 0 Å². The fourth-order valence-electron chi connectivity index (χ4n) is 2.44. The molecule has 1 aromatic rings. The molecule has 0 aromatic heterocycles. The van der Waals surface area contributed by atoms with Crippen LogP contribution in [0.5, 0.6) is 0 Å².